The summed E-state index contributed by atoms with van der Waals surface area (Å²) in [5.41, 5.74) is 5.03. The Labute approximate surface area is 81.7 Å². The first-order chi connectivity index (χ1) is 6.04. The number of Topliss-reactive ketones (excluding diaryl/α,β-unsaturated/α-hetero) is 1. The van der Waals surface area contributed by atoms with Gasteiger partial charge in [0, 0.05) is 0 Å². The van der Waals surface area contributed by atoms with Crippen molar-refractivity contribution in [1.29, 1.82) is 0 Å². The Hall–Kier alpha value is -0.580. The number of nitrogens with two attached hydrogens (primary N) is 1. The van der Waals surface area contributed by atoms with Gasteiger partial charge >= 0.3 is 6.18 Å². The average Bonchev–Trinajstić information content (AvgIpc) is 1.95. The summed E-state index contributed by atoms with van der Waals surface area (Å²) in [6.07, 6.45) is -4.24. The molecule has 0 saturated carbocycles. The second-order valence-electron chi connectivity index (χ2n) is 4.57. The van der Waals surface area contributed by atoms with Gasteiger partial charge in [0.2, 0.25) is 0 Å². The second-order valence-corrected chi connectivity index (χ2v) is 4.57. The van der Waals surface area contributed by atoms with Gasteiger partial charge in [-0.15, -0.1) is 0 Å². The first-order valence-corrected chi connectivity index (χ1v) is 4.40. The SMILES string of the molecule is CC(C)(C)CCC(N)C(=O)C(F)(F)F. The summed E-state index contributed by atoms with van der Waals surface area (Å²) in [5.74, 6) is -1.83. The minimum atomic E-state index is -4.81. The molecular weight excluding hydrogens is 195 g/mol. The molecule has 2 N–H and O–H groups in total. The molecule has 0 aromatic carbocycles. The van der Waals surface area contributed by atoms with Crippen molar-refractivity contribution in [2.45, 2.75) is 45.8 Å². The standard InChI is InChI=1S/C9H16F3NO/c1-8(2,3)5-4-6(13)7(14)9(10,11)12/h6H,4-5,13H2,1-3H3. The van der Waals surface area contributed by atoms with Crippen LogP contribution in [0.1, 0.15) is 33.6 Å². The molecular formula is C9H16F3NO. The van der Waals surface area contributed by atoms with Crippen LogP contribution in [0.25, 0.3) is 0 Å². The lowest BCUT2D eigenvalue weighted by Crippen LogP contribution is -2.40. The van der Waals surface area contributed by atoms with E-state index in [1.54, 1.807) is 0 Å². The highest BCUT2D eigenvalue weighted by atomic mass is 19.4. The molecule has 0 aromatic heterocycles. The summed E-state index contributed by atoms with van der Waals surface area (Å²) >= 11 is 0. The Kier molecular flexibility index (Phi) is 4.12. The van der Waals surface area contributed by atoms with E-state index in [1.165, 1.54) is 0 Å². The van der Waals surface area contributed by atoms with Gasteiger partial charge in [0.15, 0.2) is 0 Å². The van der Waals surface area contributed by atoms with Crippen molar-refractivity contribution in [3.8, 4) is 0 Å². The Bertz CT molecular complexity index is 205. The van der Waals surface area contributed by atoms with E-state index in [0.717, 1.165) is 0 Å². The van der Waals surface area contributed by atoms with Gasteiger partial charge in [-0.05, 0) is 18.3 Å². The maximum atomic E-state index is 11.9. The number of alkyl halides is 3. The number of carbonyl (C=O) groups excluding carboxylic acids is 1. The molecule has 0 heterocycles. The predicted octanol–water partition coefficient (Wildman–Crippen LogP) is 2.27. The van der Waals surface area contributed by atoms with Crippen LogP contribution in [0.4, 0.5) is 13.2 Å². The third-order valence-corrected chi connectivity index (χ3v) is 1.82. The van der Waals surface area contributed by atoms with Gasteiger partial charge in [-0.25, -0.2) is 0 Å². The number of halogens is 3. The van der Waals surface area contributed by atoms with Crippen molar-refractivity contribution in [1.82, 2.24) is 0 Å². The van der Waals surface area contributed by atoms with Gasteiger partial charge in [-0.3, -0.25) is 4.79 Å². The quantitative estimate of drug-likeness (QED) is 0.778. The highest BCUT2D eigenvalue weighted by Gasteiger charge is 2.41. The van der Waals surface area contributed by atoms with E-state index in [4.69, 9.17) is 5.73 Å². The maximum absolute atomic E-state index is 11.9. The van der Waals surface area contributed by atoms with Crippen LogP contribution >= 0.6 is 0 Å². The van der Waals surface area contributed by atoms with E-state index in [9.17, 15) is 18.0 Å². The Morgan fingerprint density at radius 2 is 1.71 bits per heavy atom. The Balaban J connectivity index is 4.11. The van der Waals surface area contributed by atoms with Crippen molar-refractivity contribution in [3.05, 3.63) is 0 Å². The van der Waals surface area contributed by atoms with Crippen LogP contribution in [-0.2, 0) is 4.79 Å². The predicted molar refractivity (Wildman–Crippen MR) is 47.7 cm³/mol. The molecule has 0 aliphatic heterocycles. The van der Waals surface area contributed by atoms with Crippen molar-refractivity contribution in [3.63, 3.8) is 0 Å². The van der Waals surface area contributed by atoms with Gasteiger partial charge in [0.05, 0.1) is 6.04 Å². The normalized spacial score (nSPS) is 15.4. The lowest BCUT2D eigenvalue weighted by Gasteiger charge is -2.20. The van der Waals surface area contributed by atoms with Crippen LogP contribution < -0.4 is 5.73 Å². The zero-order valence-corrected chi connectivity index (χ0v) is 8.61. The van der Waals surface area contributed by atoms with Crippen molar-refractivity contribution < 1.29 is 18.0 Å². The molecule has 0 aromatic rings. The smallest absolute Gasteiger partial charge is 0.321 e. The fraction of sp³-hybridized carbons (Fsp3) is 0.889. The zero-order valence-electron chi connectivity index (χ0n) is 8.61. The molecule has 0 saturated heterocycles. The van der Waals surface area contributed by atoms with Gasteiger partial charge in [-0.2, -0.15) is 13.2 Å². The molecule has 14 heavy (non-hydrogen) atoms. The second kappa shape index (κ2) is 4.29. The van der Waals surface area contributed by atoms with Crippen LogP contribution in [0.5, 0.6) is 0 Å². The number of carbonyl (C=O) groups is 1. The minimum absolute atomic E-state index is 0.0713. The van der Waals surface area contributed by atoms with E-state index in [0.29, 0.717) is 6.42 Å². The molecule has 84 valence electrons. The molecule has 0 spiro atoms. The van der Waals surface area contributed by atoms with Gasteiger partial charge < -0.3 is 5.73 Å². The maximum Gasteiger partial charge on any atom is 0.451 e. The van der Waals surface area contributed by atoms with Gasteiger partial charge in [0.1, 0.15) is 0 Å². The highest BCUT2D eigenvalue weighted by Crippen LogP contribution is 2.24. The first-order valence-electron chi connectivity index (χ1n) is 4.40. The van der Waals surface area contributed by atoms with E-state index < -0.39 is 18.0 Å². The lowest BCUT2D eigenvalue weighted by atomic mass is 9.88. The van der Waals surface area contributed by atoms with Crippen LogP contribution in [0, 0.1) is 5.41 Å². The number of rotatable bonds is 3. The molecule has 2 nitrogen and oxygen atoms in total. The zero-order chi connectivity index (χ0) is 11.6. The fourth-order valence-corrected chi connectivity index (χ4v) is 0.930. The lowest BCUT2D eigenvalue weighted by molar-refractivity contribution is -0.172. The molecule has 0 rings (SSSR count). The molecule has 5 heteroatoms. The molecule has 1 atom stereocenters. The van der Waals surface area contributed by atoms with E-state index >= 15 is 0 Å². The van der Waals surface area contributed by atoms with Crippen LogP contribution in [0.15, 0.2) is 0 Å². The van der Waals surface area contributed by atoms with Gasteiger partial charge in [0.25, 0.3) is 5.78 Å². The summed E-state index contributed by atoms with van der Waals surface area (Å²) in [7, 11) is 0. The summed E-state index contributed by atoms with van der Waals surface area (Å²) in [6.45, 7) is 5.66. The van der Waals surface area contributed by atoms with Crippen LogP contribution in [-0.4, -0.2) is 18.0 Å². The van der Waals surface area contributed by atoms with E-state index in [2.05, 4.69) is 0 Å². The summed E-state index contributed by atoms with van der Waals surface area (Å²) in [6, 6.07) is -1.42. The number of hydrogen-bond donors (Lipinski definition) is 1. The third kappa shape index (κ3) is 5.21. The average molecular weight is 211 g/mol. The van der Waals surface area contributed by atoms with E-state index in [1.807, 2.05) is 20.8 Å². The van der Waals surface area contributed by atoms with Crippen molar-refractivity contribution >= 4 is 5.78 Å². The monoisotopic (exact) mass is 211 g/mol. The number of ketones is 1. The first kappa shape index (κ1) is 13.4. The molecule has 0 aliphatic rings. The van der Waals surface area contributed by atoms with Crippen molar-refractivity contribution in [2.75, 3.05) is 0 Å². The van der Waals surface area contributed by atoms with Crippen LogP contribution in [0.3, 0.4) is 0 Å². The van der Waals surface area contributed by atoms with E-state index in [-0.39, 0.29) is 11.8 Å². The largest absolute Gasteiger partial charge is 0.451 e. The summed E-state index contributed by atoms with van der Waals surface area (Å²) in [4.78, 5) is 10.6. The summed E-state index contributed by atoms with van der Waals surface area (Å²) in [5, 5.41) is 0. The fourth-order valence-electron chi connectivity index (χ4n) is 0.930. The highest BCUT2D eigenvalue weighted by molar-refractivity contribution is 5.88. The molecule has 0 fully saturated rings. The summed E-state index contributed by atoms with van der Waals surface area (Å²) < 4.78 is 35.7. The Morgan fingerprint density at radius 3 is 2.00 bits per heavy atom. The molecule has 1 unspecified atom stereocenters. The molecule has 0 amide bonds. The number of hydrogen-bond acceptors (Lipinski definition) is 2. The molecule has 0 radical (unpaired) electrons. The Morgan fingerprint density at radius 1 is 1.29 bits per heavy atom. The topological polar surface area (TPSA) is 43.1 Å². The van der Waals surface area contributed by atoms with Crippen LogP contribution in [0.2, 0.25) is 0 Å². The molecule has 0 aliphatic carbocycles. The third-order valence-electron chi connectivity index (χ3n) is 1.82. The molecule has 0 bridgehead atoms. The van der Waals surface area contributed by atoms with Crippen molar-refractivity contribution in [2.24, 2.45) is 11.1 Å². The minimum Gasteiger partial charge on any atom is -0.321 e. The van der Waals surface area contributed by atoms with Gasteiger partial charge in [-0.1, -0.05) is 20.8 Å².